The first kappa shape index (κ1) is 8.10. The van der Waals surface area contributed by atoms with Crippen molar-refractivity contribution < 1.29 is 0 Å². The van der Waals surface area contributed by atoms with Gasteiger partial charge in [-0.2, -0.15) is 0 Å². The van der Waals surface area contributed by atoms with E-state index < -0.39 is 0 Å². The van der Waals surface area contributed by atoms with Gasteiger partial charge in [-0.25, -0.2) is 0 Å². The van der Waals surface area contributed by atoms with Crippen LogP contribution >= 0.6 is 0 Å². The van der Waals surface area contributed by atoms with Gasteiger partial charge < -0.3 is 0 Å². The molecule has 1 saturated carbocycles. The molecule has 1 fully saturated rings. The molecule has 0 aromatic heterocycles. The molecule has 12 heavy (non-hydrogen) atoms. The average molecular weight is 162 g/mol. The van der Waals surface area contributed by atoms with Crippen LogP contribution in [-0.4, -0.2) is 0 Å². The van der Waals surface area contributed by atoms with Crippen molar-refractivity contribution in [2.75, 3.05) is 0 Å². The van der Waals surface area contributed by atoms with Crippen molar-refractivity contribution in [1.29, 1.82) is 0 Å². The van der Waals surface area contributed by atoms with E-state index in [0.29, 0.717) is 5.41 Å². The summed E-state index contributed by atoms with van der Waals surface area (Å²) in [5.41, 5.74) is 3.73. The van der Waals surface area contributed by atoms with Crippen LogP contribution in [0.4, 0.5) is 0 Å². The van der Waals surface area contributed by atoms with Crippen LogP contribution in [-0.2, 0) is 0 Å². The van der Waals surface area contributed by atoms with Crippen molar-refractivity contribution in [3.05, 3.63) is 23.3 Å². The van der Waals surface area contributed by atoms with Gasteiger partial charge in [0.2, 0.25) is 0 Å². The van der Waals surface area contributed by atoms with Crippen molar-refractivity contribution in [3.63, 3.8) is 0 Å². The molecule has 66 valence electrons. The quantitative estimate of drug-likeness (QED) is 0.507. The van der Waals surface area contributed by atoms with Gasteiger partial charge in [0.05, 0.1) is 0 Å². The van der Waals surface area contributed by atoms with Gasteiger partial charge >= 0.3 is 0 Å². The van der Waals surface area contributed by atoms with Crippen molar-refractivity contribution in [2.45, 2.75) is 46.0 Å². The predicted octanol–water partition coefficient (Wildman–Crippen LogP) is 3.84. The van der Waals surface area contributed by atoms with E-state index in [1.165, 1.54) is 37.7 Å². The number of hydrogen-bond acceptors (Lipinski definition) is 0. The first-order valence-corrected chi connectivity index (χ1v) is 5.08. The third-order valence-electron chi connectivity index (χ3n) is 3.48. The third-order valence-corrected chi connectivity index (χ3v) is 3.48. The summed E-state index contributed by atoms with van der Waals surface area (Å²) in [6, 6.07) is 0. The summed E-state index contributed by atoms with van der Waals surface area (Å²) in [5.74, 6) is 0. The second kappa shape index (κ2) is 2.76. The minimum Gasteiger partial charge on any atom is -0.0807 e. The maximum atomic E-state index is 2.43. The van der Waals surface area contributed by atoms with Crippen molar-refractivity contribution in [2.24, 2.45) is 5.41 Å². The van der Waals surface area contributed by atoms with Crippen molar-refractivity contribution in [3.8, 4) is 0 Å². The Morgan fingerprint density at radius 1 is 1.33 bits per heavy atom. The average Bonchev–Trinajstić information content (AvgIpc) is 2.06. The summed E-state index contributed by atoms with van der Waals surface area (Å²) < 4.78 is 0. The molecule has 0 heteroatoms. The summed E-state index contributed by atoms with van der Waals surface area (Å²) in [6.07, 6.45) is 11.7. The molecule has 1 atom stereocenters. The Balaban J connectivity index is 2.28. The lowest BCUT2D eigenvalue weighted by Gasteiger charge is -2.38. The Labute approximate surface area is 75.4 Å². The number of fused-ring (bicyclic) bond motifs is 1. The van der Waals surface area contributed by atoms with Gasteiger partial charge in [-0.3, -0.25) is 0 Å². The van der Waals surface area contributed by atoms with Gasteiger partial charge in [-0.05, 0) is 38.0 Å². The number of hydrogen-bond donors (Lipinski definition) is 0. The molecule has 0 bridgehead atoms. The van der Waals surface area contributed by atoms with Crippen LogP contribution in [0.25, 0.3) is 0 Å². The Kier molecular flexibility index (Phi) is 1.86. The SMILES string of the molecule is CC1=CC[C@]2(C)CCCCC2=C1. The van der Waals surface area contributed by atoms with E-state index >= 15 is 0 Å². The highest BCUT2D eigenvalue weighted by Gasteiger charge is 2.31. The smallest absolute Gasteiger partial charge is 0.00785 e. The normalized spacial score (nSPS) is 35.2. The van der Waals surface area contributed by atoms with E-state index in [4.69, 9.17) is 0 Å². The van der Waals surface area contributed by atoms with Gasteiger partial charge in [0.15, 0.2) is 0 Å². The molecule has 0 unspecified atom stereocenters. The molecular weight excluding hydrogens is 144 g/mol. The molecule has 0 aromatic carbocycles. The molecule has 2 rings (SSSR count). The molecule has 0 amide bonds. The minimum atomic E-state index is 0.539. The lowest BCUT2D eigenvalue weighted by molar-refractivity contribution is 0.302. The molecule has 2 aliphatic rings. The largest absolute Gasteiger partial charge is 0.0807 e. The summed E-state index contributed by atoms with van der Waals surface area (Å²) in [4.78, 5) is 0. The van der Waals surface area contributed by atoms with Crippen LogP contribution in [0.1, 0.15) is 46.0 Å². The molecule has 0 aliphatic heterocycles. The maximum absolute atomic E-state index is 2.43. The summed E-state index contributed by atoms with van der Waals surface area (Å²) in [5, 5.41) is 0. The minimum absolute atomic E-state index is 0.539. The Bertz CT molecular complexity index is 245. The van der Waals surface area contributed by atoms with Crippen LogP contribution in [0.15, 0.2) is 23.3 Å². The summed E-state index contributed by atoms with van der Waals surface area (Å²) in [7, 11) is 0. The lowest BCUT2D eigenvalue weighted by Crippen LogP contribution is -2.24. The Morgan fingerprint density at radius 2 is 2.17 bits per heavy atom. The standard InChI is InChI=1S/C12H18/c1-10-6-8-12(2)7-4-3-5-11(12)9-10/h6,9H,3-5,7-8H2,1-2H3/t12-/m0/s1. The summed E-state index contributed by atoms with van der Waals surface area (Å²) in [6.45, 7) is 4.65. The highest BCUT2D eigenvalue weighted by molar-refractivity contribution is 5.32. The number of rotatable bonds is 0. The predicted molar refractivity (Wildman–Crippen MR) is 53.0 cm³/mol. The molecule has 0 aromatic rings. The molecule has 0 saturated heterocycles. The van der Waals surface area contributed by atoms with Crippen LogP contribution in [0, 0.1) is 5.41 Å². The van der Waals surface area contributed by atoms with E-state index in [1.807, 2.05) is 0 Å². The van der Waals surface area contributed by atoms with Gasteiger partial charge in [0.25, 0.3) is 0 Å². The van der Waals surface area contributed by atoms with Crippen LogP contribution in [0.5, 0.6) is 0 Å². The van der Waals surface area contributed by atoms with Crippen LogP contribution in [0.3, 0.4) is 0 Å². The van der Waals surface area contributed by atoms with Gasteiger partial charge in [-0.1, -0.05) is 36.6 Å². The van der Waals surface area contributed by atoms with Crippen molar-refractivity contribution >= 4 is 0 Å². The molecule has 0 heterocycles. The van der Waals surface area contributed by atoms with E-state index in [2.05, 4.69) is 26.0 Å². The van der Waals surface area contributed by atoms with E-state index in [-0.39, 0.29) is 0 Å². The molecule has 0 spiro atoms. The molecular formula is C12H18. The Hall–Kier alpha value is -0.520. The Morgan fingerprint density at radius 3 is 3.00 bits per heavy atom. The van der Waals surface area contributed by atoms with Gasteiger partial charge in [0, 0.05) is 0 Å². The van der Waals surface area contributed by atoms with Gasteiger partial charge in [-0.15, -0.1) is 0 Å². The molecule has 2 aliphatic carbocycles. The fourth-order valence-corrected chi connectivity index (χ4v) is 2.49. The summed E-state index contributed by atoms with van der Waals surface area (Å²) >= 11 is 0. The monoisotopic (exact) mass is 162 g/mol. The second-order valence-corrected chi connectivity index (χ2v) is 4.59. The first-order valence-electron chi connectivity index (χ1n) is 5.08. The molecule has 0 nitrogen and oxygen atoms in total. The lowest BCUT2D eigenvalue weighted by atomic mass is 9.67. The fraction of sp³-hybridized carbons (Fsp3) is 0.667. The maximum Gasteiger partial charge on any atom is -0.00785 e. The molecule has 0 radical (unpaired) electrons. The van der Waals surface area contributed by atoms with Crippen LogP contribution < -0.4 is 0 Å². The van der Waals surface area contributed by atoms with E-state index in [9.17, 15) is 0 Å². The molecule has 0 N–H and O–H groups in total. The van der Waals surface area contributed by atoms with Gasteiger partial charge in [0.1, 0.15) is 0 Å². The topological polar surface area (TPSA) is 0 Å². The third kappa shape index (κ3) is 1.24. The second-order valence-electron chi connectivity index (χ2n) is 4.59. The first-order chi connectivity index (χ1) is 5.71. The highest BCUT2D eigenvalue weighted by atomic mass is 14.4. The zero-order chi connectivity index (χ0) is 8.60. The number of allylic oxidation sites excluding steroid dienone is 4. The van der Waals surface area contributed by atoms with Crippen LogP contribution in [0.2, 0.25) is 0 Å². The fourth-order valence-electron chi connectivity index (χ4n) is 2.49. The van der Waals surface area contributed by atoms with E-state index in [1.54, 1.807) is 5.57 Å². The van der Waals surface area contributed by atoms with E-state index in [0.717, 1.165) is 0 Å². The zero-order valence-electron chi connectivity index (χ0n) is 8.19. The van der Waals surface area contributed by atoms with Crippen molar-refractivity contribution in [1.82, 2.24) is 0 Å². The highest BCUT2D eigenvalue weighted by Crippen LogP contribution is 2.46. The zero-order valence-corrected chi connectivity index (χ0v) is 8.19.